The van der Waals surface area contributed by atoms with Crippen LogP contribution >= 0.6 is 0 Å². The lowest BCUT2D eigenvalue weighted by atomic mass is 9.95. The van der Waals surface area contributed by atoms with Crippen LogP contribution < -0.4 is 10.1 Å². The molecule has 8 heteroatoms. The number of hydrogen-bond donors (Lipinski definition) is 2. The molecule has 8 nitrogen and oxygen atoms in total. The van der Waals surface area contributed by atoms with Gasteiger partial charge in [-0.25, -0.2) is 15.0 Å². The molecule has 0 spiro atoms. The Morgan fingerprint density at radius 1 is 1.28 bits per heavy atom. The van der Waals surface area contributed by atoms with Crippen molar-refractivity contribution in [3.05, 3.63) is 24.4 Å². The van der Waals surface area contributed by atoms with Crippen LogP contribution in [0.5, 0.6) is 5.88 Å². The summed E-state index contributed by atoms with van der Waals surface area (Å²) in [5.41, 5.74) is 1.61. The van der Waals surface area contributed by atoms with Gasteiger partial charge in [0.05, 0.1) is 31.5 Å². The maximum atomic E-state index is 12.6. The summed E-state index contributed by atoms with van der Waals surface area (Å²) in [5, 5.41) is 10.1. The fourth-order valence-corrected chi connectivity index (χ4v) is 2.90. The standard InChI is InChI=1S/C16H21N5O2.CH4O/c1-21-10-17-9-13(21)12-8-18-16(23-2)14(20-12)15(22)19-11-6-4-3-5-7-11;1-2/h8-11H,3-7H2,1-2H3,(H,19,22);2H,1H3. The summed E-state index contributed by atoms with van der Waals surface area (Å²) in [6.45, 7) is 0. The normalized spacial score (nSPS) is 14.4. The summed E-state index contributed by atoms with van der Waals surface area (Å²) < 4.78 is 7.03. The van der Waals surface area contributed by atoms with Gasteiger partial charge in [-0.3, -0.25) is 4.79 Å². The van der Waals surface area contributed by atoms with E-state index in [9.17, 15) is 4.79 Å². The Morgan fingerprint density at radius 2 is 2.00 bits per heavy atom. The van der Waals surface area contributed by atoms with Crippen molar-refractivity contribution in [1.29, 1.82) is 0 Å². The molecule has 2 aromatic heterocycles. The number of imidazole rings is 1. The minimum atomic E-state index is -0.231. The molecule has 1 amide bonds. The number of nitrogens with zero attached hydrogens (tertiary/aromatic N) is 4. The average Bonchev–Trinajstić information content (AvgIpc) is 3.09. The Hall–Kier alpha value is -2.48. The fraction of sp³-hybridized carbons (Fsp3) is 0.529. The van der Waals surface area contributed by atoms with Gasteiger partial charge < -0.3 is 19.7 Å². The predicted molar refractivity (Wildman–Crippen MR) is 93.3 cm³/mol. The van der Waals surface area contributed by atoms with Crippen molar-refractivity contribution in [2.75, 3.05) is 14.2 Å². The van der Waals surface area contributed by atoms with E-state index in [-0.39, 0.29) is 23.5 Å². The van der Waals surface area contributed by atoms with Gasteiger partial charge in [0.15, 0.2) is 5.69 Å². The number of carbonyl (C=O) groups excluding carboxylic acids is 1. The topological polar surface area (TPSA) is 102 Å². The molecule has 1 aliphatic carbocycles. The van der Waals surface area contributed by atoms with E-state index >= 15 is 0 Å². The first kappa shape index (κ1) is 18.9. The smallest absolute Gasteiger partial charge is 0.275 e. The number of aromatic nitrogens is 4. The van der Waals surface area contributed by atoms with Crippen molar-refractivity contribution in [2.45, 2.75) is 38.1 Å². The summed E-state index contributed by atoms with van der Waals surface area (Å²) in [5.74, 6) is 0.00879. The largest absolute Gasteiger partial charge is 0.479 e. The highest BCUT2D eigenvalue weighted by Gasteiger charge is 2.22. The molecular weight excluding hydrogens is 322 g/mol. The Balaban J connectivity index is 0.00000109. The van der Waals surface area contributed by atoms with E-state index in [0.717, 1.165) is 38.5 Å². The lowest BCUT2D eigenvalue weighted by Crippen LogP contribution is -2.37. The molecule has 3 rings (SSSR count). The zero-order valence-electron chi connectivity index (χ0n) is 14.9. The maximum absolute atomic E-state index is 12.6. The van der Waals surface area contributed by atoms with E-state index in [0.29, 0.717) is 5.69 Å². The molecule has 0 bridgehead atoms. The Labute approximate surface area is 147 Å². The summed E-state index contributed by atoms with van der Waals surface area (Å²) >= 11 is 0. The molecular formula is C17H25N5O3. The van der Waals surface area contributed by atoms with Gasteiger partial charge in [0.2, 0.25) is 5.88 Å². The predicted octanol–water partition coefficient (Wildman–Crippen LogP) is 1.56. The van der Waals surface area contributed by atoms with Crippen LogP contribution in [0.4, 0.5) is 0 Å². The van der Waals surface area contributed by atoms with Gasteiger partial charge in [-0.15, -0.1) is 0 Å². The minimum absolute atomic E-state index is 0.211. The highest BCUT2D eigenvalue weighted by Crippen LogP contribution is 2.22. The summed E-state index contributed by atoms with van der Waals surface area (Å²) in [7, 11) is 4.36. The fourth-order valence-electron chi connectivity index (χ4n) is 2.90. The first-order valence-corrected chi connectivity index (χ1v) is 8.32. The van der Waals surface area contributed by atoms with E-state index in [1.807, 2.05) is 11.6 Å². The number of carbonyl (C=O) groups is 1. The second-order valence-corrected chi connectivity index (χ2v) is 5.81. The first-order chi connectivity index (χ1) is 12.2. The number of aliphatic hydroxyl groups is 1. The van der Waals surface area contributed by atoms with Crippen molar-refractivity contribution in [3.8, 4) is 17.3 Å². The molecule has 1 fully saturated rings. The molecule has 0 aromatic carbocycles. The van der Waals surface area contributed by atoms with Crippen LogP contribution in [0.2, 0.25) is 0 Å². The van der Waals surface area contributed by atoms with Crippen molar-refractivity contribution >= 4 is 5.91 Å². The molecule has 136 valence electrons. The minimum Gasteiger partial charge on any atom is -0.479 e. The molecule has 2 aromatic rings. The number of nitrogens with one attached hydrogen (secondary N) is 1. The molecule has 2 heterocycles. The molecule has 0 radical (unpaired) electrons. The Kier molecular flexibility index (Phi) is 6.88. The number of aliphatic hydroxyl groups excluding tert-OH is 1. The van der Waals surface area contributed by atoms with Crippen LogP contribution in [0.15, 0.2) is 18.7 Å². The van der Waals surface area contributed by atoms with Crippen molar-refractivity contribution in [2.24, 2.45) is 7.05 Å². The third kappa shape index (κ3) is 4.54. The zero-order valence-corrected chi connectivity index (χ0v) is 14.9. The van der Waals surface area contributed by atoms with Crippen LogP contribution in [-0.4, -0.2) is 50.8 Å². The maximum Gasteiger partial charge on any atom is 0.275 e. The summed E-state index contributed by atoms with van der Waals surface area (Å²) in [6, 6.07) is 0.211. The van der Waals surface area contributed by atoms with Crippen molar-refractivity contribution < 1.29 is 14.6 Å². The number of methoxy groups -OCH3 is 1. The lowest BCUT2D eigenvalue weighted by molar-refractivity contribution is 0.0918. The van der Waals surface area contributed by atoms with Gasteiger partial charge in [0, 0.05) is 20.2 Å². The number of ether oxygens (including phenoxy) is 1. The van der Waals surface area contributed by atoms with Gasteiger partial charge in [-0.2, -0.15) is 0 Å². The van der Waals surface area contributed by atoms with E-state index < -0.39 is 0 Å². The first-order valence-electron chi connectivity index (χ1n) is 8.32. The second-order valence-electron chi connectivity index (χ2n) is 5.81. The summed E-state index contributed by atoms with van der Waals surface area (Å²) in [6.07, 6.45) is 10.6. The van der Waals surface area contributed by atoms with Crippen molar-refractivity contribution in [3.63, 3.8) is 0 Å². The molecule has 1 saturated carbocycles. The molecule has 25 heavy (non-hydrogen) atoms. The average molecular weight is 347 g/mol. The van der Waals surface area contributed by atoms with Gasteiger partial charge >= 0.3 is 0 Å². The van der Waals surface area contributed by atoms with Gasteiger partial charge in [0.25, 0.3) is 5.91 Å². The van der Waals surface area contributed by atoms with E-state index in [4.69, 9.17) is 9.84 Å². The molecule has 0 aliphatic heterocycles. The van der Waals surface area contributed by atoms with Crippen LogP contribution in [0.3, 0.4) is 0 Å². The highest BCUT2D eigenvalue weighted by molar-refractivity contribution is 5.95. The van der Waals surface area contributed by atoms with Crippen LogP contribution in [0, 0.1) is 0 Å². The quantitative estimate of drug-likeness (QED) is 0.870. The lowest BCUT2D eigenvalue weighted by Gasteiger charge is -2.22. The third-order valence-electron chi connectivity index (χ3n) is 4.17. The number of amides is 1. The monoisotopic (exact) mass is 347 g/mol. The highest BCUT2D eigenvalue weighted by atomic mass is 16.5. The third-order valence-corrected chi connectivity index (χ3v) is 4.17. The molecule has 0 unspecified atom stereocenters. The van der Waals surface area contributed by atoms with Gasteiger partial charge in [-0.05, 0) is 12.8 Å². The SMILES string of the molecule is CO.COc1ncc(-c2cncn2C)nc1C(=O)NC1CCCCC1. The molecule has 0 atom stereocenters. The van der Waals surface area contributed by atoms with E-state index in [1.165, 1.54) is 13.5 Å². The zero-order chi connectivity index (χ0) is 18.2. The molecule has 0 saturated heterocycles. The molecule has 2 N–H and O–H groups in total. The Bertz CT molecular complexity index is 695. The summed E-state index contributed by atoms with van der Waals surface area (Å²) in [4.78, 5) is 25.3. The van der Waals surface area contributed by atoms with Crippen molar-refractivity contribution in [1.82, 2.24) is 24.8 Å². The second kappa shape index (κ2) is 9.12. The van der Waals surface area contributed by atoms with Crippen LogP contribution in [0.1, 0.15) is 42.6 Å². The van der Waals surface area contributed by atoms with E-state index in [1.54, 1.807) is 18.7 Å². The molecule has 1 aliphatic rings. The van der Waals surface area contributed by atoms with E-state index in [2.05, 4.69) is 20.3 Å². The number of hydrogen-bond acceptors (Lipinski definition) is 6. The van der Waals surface area contributed by atoms with Crippen LogP contribution in [-0.2, 0) is 7.05 Å². The van der Waals surface area contributed by atoms with Crippen LogP contribution in [0.25, 0.3) is 11.4 Å². The Morgan fingerprint density at radius 3 is 2.60 bits per heavy atom. The van der Waals surface area contributed by atoms with Gasteiger partial charge in [0.1, 0.15) is 5.69 Å². The number of aryl methyl sites for hydroxylation is 1. The van der Waals surface area contributed by atoms with Gasteiger partial charge in [-0.1, -0.05) is 19.3 Å². The number of rotatable bonds is 4.